The molecule has 0 aliphatic carbocycles. The minimum atomic E-state index is -4.34. The molecule has 6 nitrogen and oxygen atoms in total. The van der Waals surface area contributed by atoms with Crippen molar-refractivity contribution in [3.63, 3.8) is 0 Å². The Labute approximate surface area is 165 Å². The van der Waals surface area contributed by atoms with Crippen molar-refractivity contribution in [2.24, 2.45) is 0 Å². The Kier molecular flexibility index (Phi) is 4.18. The summed E-state index contributed by atoms with van der Waals surface area (Å²) in [5.74, 6) is 0.944. The van der Waals surface area contributed by atoms with Gasteiger partial charge in [-0.3, -0.25) is 0 Å². The minimum Gasteiger partial charge on any atom is -0.365 e. The average Bonchev–Trinajstić information content (AvgIpc) is 3.27. The second-order valence-electron chi connectivity index (χ2n) is 7.48. The van der Waals surface area contributed by atoms with Crippen LogP contribution in [0.15, 0.2) is 48.5 Å². The zero-order valence-electron chi connectivity index (χ0n) is 15.5. The fourth-order valence-electron chi connectivity index (χ4n) is 4.44. The lowest BCUT2D eigenvalue weighted by molar-refractivity contribution is -0.137. The number of rotatable bonds is 2. The molecule has 1 aromatic heterocycles. The number of H-pyrrole nitrogens is 1. The number of nitrogens with one attached hydrogen (secondary N) is 1. The van der Waals surface area contributed by atoms with Gasteiger partial charge in [-0.2, -0.15) is 18.4 Å². The molecule has 0 bridgehead atoms. The van der Waals surface area contributed by atoms with E-state index < -0.39 is 11.7 Å². The van der Waals surface area contributed by atoms with E-state index >= 15 is 0 Å². The summed E-state index contributed by atoms with van der Waals surface area (Å²) in [5, 5.41) is 14.5. The molecule has 3 aromatic rings. The average molecular weight is 400 g/mol. The molecule has 3 heterocycles. The number of alkyl halides is 3. The van der Waals surface area contributed by atoms with Crippen LogP contribution in [0.3, 0.4) is 0 Å². The highest BCUT2D eigenvalue weighted by molar-refractivity contribution is 5.80. The van der Waals surface area contributed by atoms with Gasteiger partial charge in [0.2, 0.25) is 0 Å². The maximum absolute atomic E-state index is 13.0. The Morgan fingerprint density at radius 1 is 1.00 bits per heavy atom. The molecule has 0 spiro atoms. The molecular weight excluding hydrogens is 381 g/mol. The number of aromatic amines is 1. The van der Waals surface area contributed by atoms with Gasteiger partial charge in [0.05, 0.1) is 16.9 Å². The monoisotopic (exact) mass is 400 g/mol. The fraction of sp³-hybridized carbons (Fsp3) is 0.350. The van der Waals surface area contributed by atoms with Crippen molar-refractivity contribution < 1.29 is 13.2 Å². The quantitative estimate of drug-likeness (QED) is 0.701. The highest BCUT2D eigenvalue weighted by Gasteiger charge is 2.38. The van der Waals surface area contributed by atoms with Crippen LogP contribution < -0.4 is 9.80 Å². The van der Waals surface area contributed by atoms with Crippen molar-refractivity contribution in [3.05, 3.63) is 59.9 Å². The fourth-order valence-corrected chi connectivity index (χ4v) is 4.44. The molecule has 2 aliphatic rings. The molecule has 1 fully saturated rings. The summed E-state index contributed by atoms with van der Waals surface area (Å²) in [4.78, 5) is 4.50. The van der Waals surface area contributed by atoms with Gasteiger partial charge in [-0.1, -0.05) is 17.3 Å². The van der Waals surface area contributed by atoms with Crippen molar-refractivity contribution in [2.75, 3.05) is 22.9 Å². The summed E-state index contributed by atoms with van der Waals surface area (Å²) in [6, 6.07) is 13.7. The molecule has 1 saturated heterocycles. The Bertz CT molecular complexity index is 986. The van der Waals surface area contributed by atoms with E-state index in [1.807, 2.05) is 18.2 Å². The third kappa shape index (κ3) is 3.20. The van der Waals surface area contributed by atoms with E-state index in [0.717, 1.165) is 54.4 Å². The van der Waals surface area contributed by atoms with Crippen LogP contribution in [0.1, 0.15) is 30.1 Å². The third-order valence-electron chi connectivity index (χ3n) is 5.82. The molecule has 0 saturated carbocycles. The SMILES string of the molecule is FC(F)(F)c1ccc(N2C[C@H]3C[C@H](c4nn[nH]n4)CCN3c3ccccc32)cc1. The lowest BCUT2D eigenvalue weighted by Gasteiger charge is -2.48. The van der Waals surface area contributed by atoms with Gasteiger partial charge in [0.25, 0.3) is 0 Å². The summed E-state index contributed by atoms with van der Waals surface area (Å²) in [6.45, 7) is 1.57. The highest BCUT2D eigenvalue weighted by atomic mass is 19.4. The van der Waals surface area contributed by atoms with E-state index in [-0.39, 0.29) is 12.0 Å². The molecule has 2 aliphatic heterocycles. The van der Waals surface area contributed by atoms with E-state index in [0.29, 0.717) is 6.54 Å². The number of nitrogens with zero attached hydrogens (tertiary/aromatic N) is 5. The van der Waals surface area contributed by atoms with Crippen LogP contribution in [0, 0.1) is 0 Å². The van der Waals surface area contributed by atoms with Gasteiger partial charge >= 0.3 is 6.18 Å². The van der Waals surface area contributed by atoms with Crippen molar-refractivity contribution in [2.45, 2.75) is 31.0 Å². The van der Waals surface area contributed by atoms with E-state index in [2.05, 4.69) is 36.5 Å². The van der Waals surface area contributed by atoms with Crippen molar-refractivity contribution in [1.82, 2.24) is 20.6 Å². The first kappa shape index (κ1) is 18.0. The first-order chi connectivity index (χ1) is 14.0. The van der Waals surface area contributed by atoms with Crippen LogP contribution >= 0.6 is 0 Å². The zero-order chi connectivity index (χ0) is 20.0. The normalized spacial score (nSPS) is 21.6. The Morgan fingerprint density at radius 3 is 2.45 bits per heavy atom. The summed E-state index contributed by atoms with van der Waals surface area (Å²) >= 11 is 0. The van der Waals surface area contributed by atoms with E-state index in [4.69, 9.17) is 0 Å². The van der Waals surface area contributed by atoms with Crippen LogP contribution in [-0.4, -0.2) is 39.8 Å². The van der Waals surface area contributed by atoms with Crippen molar-refractivity contribution >= 4 is 17.1 Å². The number of hydrogen-bond donors (Lipinski definition) is 1. The van der Waals surface area contributed by atoms with Crippen LogP contribution in [0.4, 0.5) is 30.2 Å². The molecule has 0 radical (unpaired) electrons. The number of para-hydroxylation sites is 2. The predicted molar refractivity (Wildman–Crippen MR) is 102 cm³/mol. The molecule has 0 unspecified atom stereocenters. The van der Waals surface area contributed by atoms with E-state index in [9.17, 15) is 13.2 Å². The third-order valence-corrected chi connectivity index (χ3v) is 5.82. The van der Waals surface area contributed by atoms with Gasteiger partial charge < -0.3 is 9.80 Å². The van der Waals surface area contributed by atoms with Gasteiger partial charge in [0.1, 0.15) is 0 Å². The van der Waals surface area contributed by atoms with Crippen molar-refractivity contribution in [3.8, 4) is 0 Å². The number of halogens is 3. The minimum absolute atomic E-state index is 0.212. The van der Waals surface area contributed by atoms with E-state index in [1.165, 1.54) is 0 Å². The number of tetrazole rings is 1. The number of fused-ring (bicyclic) bond motifs is 3. The molecule has 2 aromatic carbocycles. The van der Waals surface area contributed by atoms with Gasteiger partial charge in [0.15, 0.2) is 5.82 Å². The summed E-state index contributed by atoms with van der Waals surface area (Å²) in [6.07, 6.45) is -2.54. The van der Waals surface area contributed by atoms with Crippen molar-refractivity contribution in [1.29, 1.82) is 0 Å². The van der Waals surface area contributed by atoms with Crippen LogP contribution in [-0.2, 0) is 6.18 Å². The Balaban J connectivity index is 1.48. The maximum atomic E-state index is 13.0. The second kappa shape index (κ2) is 6.75. The summed E-state index contributed by atoms with van der Waals surface area (Å²) in [7, 11) is 0. The topological polar surface area (TPSA) is 60.9 Å². The molecule has 1 N–H and O–H groups in total. The molecule has 9 heteroatoms. The molecule has 2 atom stereocenters. The van der Waals surface area contributed by atoms with Gasteiger partial charge in [0, 0.05) is 30.7 Å². The van der Waals surface area contributed by atoms with Gasteiger partial charge in [-0.25, -0.2) is 0 Å². The number of aromatic nitrogens is 4. The van der Waals surface area contributed by atoms with Gasteiger partial charge in [-0.05, 0) is 49.2 Å². The zero-order valence-corrected chi connectivity index (χ0v) is 15.5. The standard InChI is InChI=1S/C20H19F3N6/c21-20(22,23)14-5-7-15(8-6-14)29-12-16-11-13(19-24-26-27-25-19)9-10-28(16)17-3-1-2-4-18(17)29/h1-8,13,16H,9-12H2,(H,24,25,26,27)/t13-,16-/m1/s1. The predicted octanol–water partition coefficient (Wildman–Crippen LogP) is 4.12. The molecule has 0 amide bonds. The lowest BCUT2D eigenvalue weighted by atomic mass is 9.87. The van der Waals surface area contributed by atoms with Crippen LogP contribution in [0.2, 0.25) is 0 Å². The number of anilines is 3. The molecule has 5 rings (SSSR count). The van der Waals surface area contributed by atoms with E-state index in [1.54, 1.807) is 12.1 Å². The van der Waals surface area contributed by atoms with Crippen LogP contribution in [0.25, 0.3) is 0 Å². The first-order valence-electron chi connectivity index (χ1n) is 9.54. The smallest absolute Gasteiger partial charge is 0.365 e. The second-order valence-corrected chi connectivity index (χ2v) is 7.48. The number of benzene rings is 2. The van der Waals surface area contributed by atoms with Gasteiger partial charge in [-0.15, -0.1) is 10.2 Å². The highest BCUT2D eigenvalue weighted by Crippen LogP contribution is 2.44. The number of hydrogen-bond acceptors (Lipinski definition) is 5. The van der Waals surface area contributed by atoms with Crippen LogP contribution in [0.5, 0.6) is 0 Å². The maximum Gasteiger partial charge on any atom is 0.416 e. The number of piperidine rings is 1. The summed E-state index contributed by atoms with van der Waals surface area (Å²) < 4.78 is 38.9. The largest absolute Gasteiger partial charge is 0.416 e. The Morgan fingerprint density at radius 2 is 1.76 bits per heavy atom. The first-order valence-corrected chi connectivity index (χ1v) is 9.54. The lowest BCUT2D eigenvalue weighted by Crippen LogP contribution is -2.51. The Hall–Kier alpha value is -3.10. The molecule has 150 valence electrons. The summed E-state index contributed by atoms with van der Waals surface area (Å²) in [5.41, 5.74) is 2.24. The molecule has 29 heavy (non-hydrogen) atoms. The molecular formula is C20H19F3N6.